The monoisotopic (exact) mass is 357 g/mol. The number of nitrogens with zero attached hydrogens (tertiary/aromatic N) is 2. The minimum atomic E-state index is -0.376. The molecule has 1 aliphatic heterocycles. The van der Waals surface area contributed by atoms with Gasteiger partial charge in [-0.1, -0.05) is 54.1 Å². The molecular formula is C22H19N3O2. The van der Waals surface area contributed by atoms with E-state index in [0.29, 0.717) is 6.42 Å². The Kier molecular flexibility index (Phi) is 4.42. The Labute approximate surface area is 157 Å². The van der Waals surface area contributed by atoms with Crippen LogP contribution >= 0.6 is 0 Å². The van der Waals surface area contributed by atoms with Crippen LogP contribution in [-0.2, 0) is 0 Å². The quantitative estimate of drug-likeness (QED) is 0.491. The second-order valence-corrected chi connectivity index (χ2v) is 6.69. The van der Waals surface area contributed by atoms with E-state index in [1.165, 1.54) is 5.56 Å². The minimum absolute atomic E-state index is 0.0190. The van der Waals surface area contributed by atoms with Crippen LogP contribution in [0.25, 0.3) is 0 Å². The Morgan fingerprint density at radius 3 is 2.41 bits per heavy atom. The highest BCUT2D eigenvalue weighted by molar-refractivity contribution is 6.04. The van der Waals surface area contributed by atoms with Gasteiger partial charge in [-0.05, 0) is 30.2 Å². The van der Waals surface area contributed by atoms with Gasteiger partial charge in [0.05, 0.1) is 28.1 Å². The number of fused-ring (bicyclic) bond motifs is 1. The van der Waals surface area contributed by atoms with E-state index in [9.17, 15) is 10.1 Å². The highest BCUT2D eigenvalue weighted by atomic mass is 16.6. The van der Waals surface area contributed by atoms with Gasteiger partial charge in [-0.2, -0.15) is 0 Å². The fourth-order valence-corrected chi connectivity index (χ4v) is 3.27. The van der Waals surface area contributed by atoms with Crippen LogP contribution in [0.3, 0.4) is 0 Å². The molecule has 0 aromatic heterocycles. The molecule has 0 saturated heterocycles. The van der Waals surface area contributed by atoms with Crippen molar-refractivity contribution in [3.63, 3.8) is 0 Å². The number of aliphatic imine (C=N–C) groups is 1. The smallest absolute Gasteiger partial charge is 0.269 e. The molecule has 0 spiro atoms. The maximum Gasteiger partial charge on any atom is 0.269 e. The molecule has 0 saturated carbocycles. The maximum atomic E-state index is 10.9. The van der Waals surface area contributed by atoms with Crippen molar-refractivity contribution in [3.8, 4) is 0 Å². The van der Waals surface area contributed by atoms with E-state index in [2.05, 4.69) is 36.5 Å². The molecule has 0 radical (unpaired) electrons. The molecule has 0 bridgehead atoms. The minimum Gasteiger partial charge on any atom is -0.376 e. The SMILES string of the molecule is Cc1ccc(C2=Nc3ccccc3N[C@@H](c3ccc([N+](=O)[O-])cc3)C2)cc1. The lowest BCUT2D eigenvalue weighted by Crippen LogP contribution is -2.14. The fourth-order valence-electron chi connectivity index (χ4n) is 3.27. The molecule has 4 rings (SSSR count). The summed E-state index contributed by atoms with van der Waals surface area (Å²) >= 11 is 0. The molecule has 0 unspecified atom stereocenters. The van der Waals surface area contributed by atoms with Crippen molar-refractivity contribution in [2.75, 3.05) is 5.32 Å². The van der Waals surface area contributed by atoms with Gasteiger partial charge < -0.3 is 5.32 Å². The molecule has 3 aromatic rings. The van der Waals surface area contributed by atoms with Crippen LogP contribution in [0, 0.1) is 17.0 Å². The van der Waals surface area contributed by atoms with Gasteiger partial charge in [-0.15, -0.1) is 0 Å². The molecule has 1 aliphatic rings. The van der Waals surface area contributed by atoms with Crippen molar-refractivity contribution >= 4 is 22.8 Å². The number of hydrogen-bond donors (Lipinski definition) is 1. The van der Waals surface area contributed by atoms with Crippen molar-refractivity contribution in [1.29, 1.82) is 0 Å². The van der Waals surface area contributed by atoms with E-state index in [0.717, 1.165) is 28.2 Å². The van der Waals surface area contributed by atoms with Gasteiger partial charge in [-0.3, -0.25) is 15.1 Å². The standard InChI is InChI=1S/C22H19N3O2/c1-15-6-8-16(9-7-15)21-14-22(17-10-12-18(13-11-17)25(26)27)24-20-5-3-2-4-19(20)23-21/h2-13,22,24H,14H2,1H3/t22-/m1/s1. The van der Waals surface area contributed by atoms with Crippen molar-refractivity contribution in [3.05, 3.63) is 99.6 Å². The average Bonchev–Trinajstić information content (AvgIpc) is 2.88. The van der Waals surface area contributed by atoms with Gasteiger partial charge in [0, 0.05) is 18.6 Å². The van der Waals surface area contributed by atoms with E-state index >= 15 is 0 Å². The number of para-hydroxylation sites is 2. The summed E-state index contributed by atoms with van der Waals surface area (Å²) in [5, 5.41) is 14.5. The third-order valence-corrected chi connectivity index (χ3v) is 4.78. The van der Waals surface area contributed by atoms with Gasteiger partial charge >= 0.3 is 0 Å². The Morgan fingerprint density at radius 1 is 1.00 bits per heavy atom. The van der Waals surface area contributed by atoms with Gasteiger partial charge in [-0.25, -0.2) is 0 Å². The van der Waals surface area contributed by atoms with E-state index in [1.807, 2.05) is 36.4 Å². The Morgan fingerprint density at radius 2 is 1.70 bits per heavy atom. The van der Waals surface area contributed by atoms with Gasteiger partial charge in [0.2, 0.25) is 0 Å². The normalized spacial score (nSPS) is 15.9. The number of nitro benzene ring substituents is 1. The van der Waals surface area contributed by atoms with Crippen molar-refractivity contribution in [2.45, 2.75) is 19.4 Å². The topological polar surface area (TPSA) is 67.5 Å². The summed E-state index contributed by atoms with van der Waals surface area (Å²) in [6, 6.07) is 23.0. The van der Waals surface area contributed by atoms with Crippen LogP contribution in [0.4, 0.5) is 17.1 Å². The third kappa shape index (κ3) is 3.58. The maximum absolute atomic E-state index is 10.9. The average molecular weight is 357 g/mol. The third-order valence-electron chi connectivity index (χ3n) is 4.78. The lowest BCUT2D eigenvalue weighted by atomic mass is 9.96. The summed E-state index contributed by atoms with van der Waals surface area (Å²) in [6.45, 7) is 2.06. The predicted octanol–water partition coefficient (Wildman–Crippen LogP) is 5.58. The Bertz CT molecular complexity index is 1010. The number of anilines is 1. The molecule has 1 atom stereocenters. The van der Waals surface area contributed by atoms with Crippen molar-refractivity contribution in [1.82, 2.24) is 0 Å². The molecule has 5 nitrogen and oxygen atoms in total. The molecule has 5 heteroatoms. The van der Waals surface area contributed by atoms with Gasteiger partial charge in [0.15, 0.2) is 0 Å². The summed E-state index contributed by atoms with van der Waals surface area (Å²) < 4.78 is 0. The second-order valence-electron chi connectivity index (χ2n) is 6.69. The highest BCUT2D eigenvalue weighted by Gasteiger charge is 2.21. The van der Waals surface area contributed by atoms with Crippen LogP contribution in [-0.4, -0.2) is 10.6 Å². The first-order valence-corrected chi connectivity index (χ1v) is 8.85. The number of benzene rings is 3. The summed E-state index contributed by atoms with van der Waals surface area (Å²) in [5.41, 5.74) is 6.25. The second kappa shape index (κ2) is 7.03. The number of non-ortho nitro benzene ring substituents is 1. The highest BCUT2D eigenvalue weighted by Crippen LogP contribution is 2.35. The molecule has 0 aliphatic carbocycles. The van der Waals surface area contributed by atoms with Crippen LogP contribution in [0.5, 0.6) is 0 Å². The lowest BCUT2D eigenvalue weighted by molar-refractivity contribution is -0.384. The summed E-state index contributed by atoms with van der Waals surface area (Å²) in [4.78, 5) is 15.5. The first kappa shape index (κ1) is 17.0. The largest absolute Gasteiger partial charge is 0.376 e. The molecule has 1 heterocycles. The fraction of sp³-hybridized carbons (Fsp3) is 0.136. The van der Waals surface area contributed by atoms with E-state index in [-0.39, 0.29) is 16.7 Å². The zero-order chi connectivity index (χ0) is 18.8. The Hall–Kier alpha value is -3.47. The zero-order valence-electron chi connectivity index (χ0n) is 14.9. The van der Waals surface area contributed by atoms with Crippen molar-refractivity contribution in [2.24, 2.45) is 4.99 Å². The molecule has 1 N–H and O–H groups in total. The Balaban J connectivity index is 1.75. The molecule has 3 aromatic carbocycles. The molecular weight excluding hydrogens is 338 g/mol. The number of nitro groups is 1. The van der Waals surface area contributed by atoms with Crippen LogP contribution in [0.15, 0.2) is 77.8 Å². The predicted molar refractivity (Wildman–Crippen MR) is 108 cm³/mol. The lowest BCUT2D eigenvalue weighted by Gasteiger charge is -2.19. The molecule has 0 fully saturated rings. The number of aryl methyl sites for hydroxylation is 1. The van der Waals surface area contributed by atoms with Gasteiger partial charge in [0.25, 0.3) is 5.69 Å². The number of hydrogen-bond acceptors (Lipinski definition) is 4. The molecule has 27 heavy (non-hydrogen) atoms. The van der Waals surface area contributed by atoms with Crippen molar-refractivity contribution < 1.29 is 4.92 Å². The number of rotatable bonds is 3. The summed E-state index contributed by atoms with van der Waals surface area (Å²) in [5.74, 6) is 0. The molecule has 134 valence electrons. The number of nitrogens with one attached hydrogen (secondary N) is 1. The van der Waals surface area contributed by atoms with Crippen LogP contribution < -0.4 is 5.32 Å². The molecule has 0 amide bonds. The summed E-state index contributed by atoms with van der Waals surface area (Å²) in [7, 11) is 0. The van der Waals surface area contributed by atoms with E-state index < -0.39 is 0 Å². The van der Waals surface area contributed by atoms with Gasteiger partial charge in [0.1, 0.15) is 0 Å². The first-order chi connectivity index (χ1) is 13.1. The van der Waals surface area contributed by atoms with Crippen LogP contribution in [0.2, 0.25) is 0 Å². The van der Waals surface area contributed by atoms with Crippen LogP contribution in [0.1, 0.15) is 29.2 Å². The van der Waals surface area contributed by atoms with E-state index in [4.69, 9.17) is 4.99 Å². The first-order valence-electron chi connectivity index (χ1n) is 8.85. The zero-order valence-corrected chi connectivity index (χ0v) is 14.9. The van der Waals surface area contributed by atoms with E-state index in [1.54, 1.807) is 12.1 Å². The summed E-state index contributed by atoms with van der Waals surface area (Å²) in [6.07, 6.45) is 0.690.